The Hall–Kier alpha value is -2.55. The number of imidazole rings is 1. The zero-order valence-corrected chi connectivity index (χ0v) is 19.2. The van der Waals surface area contributed by atoms with E-state index in [1.807, 2.05) is 28.0 Å². The van der Waals surface area contributed by atoms with Crippen LogP contribution in [0.1, 0.15) is 12.1 Å². The van der Waals surface area contributed by atoms with Crippen LogP contribution in [0.2, 0.25) is 0 Å². The van der Waals surface area contributed by atoms with Gasteiger partial charge in [-0.15, -0.1) is 37.2 Å². The van der Waals surface area contributed by atoms with Gasteiger partial charge in [0.2, 0.25) is 0 Å². The SMILES string of the molecule is Cl.Cl.Cl.N=C(N)N(CCCc1cnc[nH]1)CCN(c1ccc(F)cc1)c1ccccn1. The molecule has 7 nitrogen and oxygen atoms in total. The van der Waals surface area contributed by atoms with Crippen molar-refractivity contribution in [3.8, 4) is 0 Å². The fourth-order valence-corrected chi connectivity index (χ4v) is 2.97. The van der Waals surface area contributed by atoms with Gasteiger partial charge in [0.25, 0.3) is 0 Å². The van der Waals surface area contributed by atoms with Crippen LogP contribution in [0, 0.1) is 11.2 Å². The first-order valence-electron chi connectivity index (χ1n) is 9.14. The van der Waals surface area contributed by atoms with Crippen molar-refractivity contribution in [2.75, 3.05) is 24.5 Å². The summed E-state index contributed by atoms with van der Waals surface area (Å²) in [4.78, 5) is 15.3. The Morgan fingerprint density at radius 2 is 1.77 bits per heavy atom. The van der Waals surface area contributed by atoms with E-state index in [1.165, 1.54) is 12.1 Å². The Bertz CT molecular complexity index is 864. The Balaban J connectivity index is 0.00000300. The monoisotopic (exact) mass is 489 g/mol. The summed E-state index contributed by atoms with van der Waals surface area (Å²) in [5, 5.41) is 7.89. The number of nitrogens with one attached hydrogen (secondary N) is 2. The molecule has 170 valence electrons. The van der Waals surface area contributed by atoms with Gasteiger partial charge in [0.1, 0.15) is 11.6 Å². The molecule has 0 amide bonds. The van der Waals surface area contributed by atoms with Crippen molar-refractivity contribution in [1.29, 1.82) is 5.41 Å². The van der Waals surface area contributed by atoms with Crippen LogP contribution >= 0.6 is 37.2 Å². The molecular weight excluding hydrogens is 464 g/mol. The summed E-state index contributed by atoms with van der Waals surface area (Å²) >= 11 is 0. The fourth-order valence-electron chi connectivity index (χ4n) is 2.97. The van der Waals surface area contributed by atoms with Crippen molar-refractivity contribution < 1.29 is 4.39 Å². The van der Waals surface area contributed by atoms with E-state index in [1.54, 1.807) is 30.9 Å². The molecule has 0 fully saturated rings. The summed E-state index contributed by atoms with van der Waals surface area (Å²) in [6, 6.07) is 12.0. The molecule has 0 aliphatic carbocycles. The summed E-state index contributed by atoms with van der Waals surface area (Å²) in [5.74, 6) is 0.508. The maximum Gasteiger partial charge on any atom is 0.188 e. The van der Waals surface area contributed by atoms with E-state index < -0.39 is 0 Å². The number of hydrogen-bond donors (Lipinski definition) is 3. The van der Waals surface area contributed by atoms with Crippen LogP contribution in [0.3, 0.4) is 0 Å². The molecule has 11 heteroatoms. The highest BCUT2D eigenvalue weighted by Gasteiger charge is 2.14. The molecule has 0 saturated carbocycles. The third-order valence-corrected chi connectivity index (χ3v) is 4.43. The van der Waals surface area contributed by atoms with Gasteiger partial charge in [-0.2, -0.15) is 0 Å². The molecule has 4 N–H and O–H groups in total. The van der Waals surface area contributed by atoms with Crippen LogP contribution < -0.4 is 10.6 Å². The fraction of sp³-hybridized carbons (Fsp3) is 0.250. The number of aromatic nitrogens is 3. The van der Waals surface area contributed by atoms with Crippen molar-refractivity contribution in [1.82, 2.24) is 19.9 Å². The number of halogens is 4. The zero-order chi connectivity index (χ0) is 19.8. The van der Waals surface area contributed by atoms with Crippen LogP contribution in [0.4, 0.5) is 15.9 Å². The third-order valence-electron chi connectivity index (χ3n) is 4.43. The predicted octanol–water partition coefficient (Wildman–Crippen LogP) is 4.18. The summed E-state index contributed by atoms with van der Waals surface area (Å²) < 4.78 is 13.3. The molecule has 31 heavy (non-hydrogen) atoms. The van der Waals surface area contributed by atoms with Gasteiger partial charge in [0.05, 0.1) is 6.33 Å². The van der Waals surface area contributed by atoms with E-state index in [-0.39, 0.29) is 49.0 Å². The number of anilines is 2. The van der Waals surface area contributed by atoms with E-state index >= 15 is 0 Å². The minimum absolute atomic E-state index is 0. The van der Waals surface area contributed by atoms with Gasteiger partial charge < -0.3 is 20.5 Å². The van der Waals surface area contributed by atoms with Gasteiger partial charge in [-0.05, 0) is 49.2 Å². The molecule has 0 bridgehead atoms. The van der Waals surface area contributed by atoms with E-state index in [0.29, 0.717) is 19.6 Å². The minimum Gasteiger partial charge on any atom is -0.370 e. The quantitative estimate of drug-likeness (QED) is 0.309. The number of nitrogens with two attached hydrogens (primary N) is 1. The Labute approximate surface area is 200 Å². The van der Waals surface area contributed by atoms with Gasteiger partial charge in [-0.1, -0.05) is 6.07 Å². The first-order valence-corrected chi connectivity index (χ1v) is 9.14. The Morgan fingerprint density at radius 1 is 1.03 bits per heavy atom. The lowest BCUT2D eigenvalue weighted by atomic mass is 10.2. The van der Waals surface area contributed by atoms with Crippen molar-refractivity contribution in [3.05, 3.63) is 72.7 Å². The van der Waals surface area contributed by atoms with Crippen LogP contribution in [0.5, 0.6) is 0 Å². The number of pyridine rings is 1. The van der Waals surface area contributed by atoms with Crippen LogP contribution in [-0.4, -0.2) is 45.4 Å². The molecule has 0 aliphatic heterocycles. The second-order valence-electron chi connectivity index (χ2n) is 6.37. The van der Waals surface area contributed by atoms with Gasteiger partial charge >= 0.3 is 0 Å². The van der Waals surface area contributed by atoms with Gasteiger partial charge in [-0.25, -0.2) is 14.4 Å². The van der Waals surface area contributed by atoms with Gasteiger partial charge in [0, 0.05) is 43.4 Å². The van der Waals surface area contributed by atoms with Crippen molar-refractivity contribution in [2.45, 2.75) is 12.8 Å². The smallest absolute Gasteiger partial charge is 0.188 e. The summed E-state index contributed by atoms with van der Waals surface area (Å²) in [5.41, 5.74) is 7.68. The van der Waals surface area contributed by atoms with E-state index in [4.69, 9.17) is 11.1 Å². The molecule has 0 unspecified atom stereocenters. The molecule has 3 rings (SSSR count). The van der Waals surface area contributed by atoms with Crippen molar-refractivity contribution in [3.63, 3.8) is 0 Å². The zero-order valence-electron chi connectivity index (χ0n) is 16.8. The number of aryl methyl sites for hydroxylation is 1. The largest absolute Gasteiger partial charge is 0.370 e. The summed E-state index contributed by atoms with van der Waals surface area (Å²) in [6.45, 7) is 1.77. The first-order chi connectivity index (χ1) is 13.6. The third kappa shape index (κ3) is 8.61. The molecule has 1 aromatic carbocycles. The Morgan fingerprint density at radius 3 is 2.35 bits per heavy atom. The summed E-state index contributed by atoms with van der Waals surface area (Å²) in [7, 11) is 0. The molecule has 3 aromatic rings. The molecule has 0 radical (unpaired) electrons. The maximum absolute atomic E-state index is 13.3. The molecule has 0 spiro atoms. The highest BCUT2D eigenvalue weighted by molar-refractivity contribution is 5.86. The second-order valence-corrected chi connectivity index (χ2v) is 6.37. The molecule has 2 aromatic heterocycles. The number of benzene rings is 1. The molecule has 0 aliphatic rings. The minimum atomic E-state index is -0.283. The normalized spacial score (nSPS) is 9.58. The number of aromatic amines is 1. The highest BCUT2D eigenvalue weighted by atomic mass is 35.5. The number of hydrogen-bond acceptors (Lipinski definition) is 4. The summed E-state index contributed by atoms with van der Waals surface area (Å²) in [6.07, 6.45) is 6.87. The Kier molecular flexibility index (Phi) is 13.3. The predicted molar refractivity (Wildman–Crippen MR) is 130 cm³/mol. The number of nitrogens with zero attached hydrogens (tertiary/aromatic N) is 4. The molecule has 0 atom stereocenters. The van der Waals surface area contributed by atoms with Crippen LogP contribution in [-0.2, 0) is 6.42 Å². The average Bonchev–Trinajstić information content (AvgIpc) is 3.22. The average molecular weight is 491 g/mol. The lowest BCUT2D eigenvalue weighted by Gasteiger charge is -2.29. The van der Waals surface area contributed by atoms with Crippen molar-refractivity contribution in [2.24, 2.45) is 5.73 Å². The van der Waals surface area contributed by atoms with Gasteiger partial charge in [-0.3, -0.25) is 5.41 Å². The van der Waals surface area contributed by atoms with Crippen LogP contribution in [0.25, 0.3) is 0 Å². The maximum atomic E-state index is 13.3. The first kappa shape index (κ1) is 28.5. The van der Waals surface area contributed by atoms with E-state index in [9.17, 15) is 4.39 Å². The number of guanidine groups is 1. The second kappa shape index (κ2) is 14.5. The molecule has 2 heterocycles. The van der Waals surface area contributed by atoms with E-state index in [2.05, 4.69) is 15.0 Å². The topological polar surface area (TPSA) is 97.9 Å². The number of rotatable bonds is 9. The number of H-pyrrole nitrogens is 1. The molecular formula is C20H27Cl3FN7. The molecule has 0 saturated heterocycles. The van der Waals surface area contributed by atoms with Gasteiger partial charge in [0.15, 0.2) is 5.96 Å². The van der Waals surface area contributed by atoms with Crippen molar-refractivity contribution >= 4 is 54.7 Å². The standard InChI is InChI=1S/C20H24FN7.3ClH/c21-16-6-8-18(9-7-16)28(19-5-1-2-10-25-19)13-12-27(20(22)23)11-3-4-17-14-24-15-26-17;;;/h1-2,5-10,14-15H,3-4,11-13H2,(H3,22,23)(H,24,26);3*1H. The van der Waals surface area contributed by atoms with Crippen LogP contribution in [0.15, 0.2) is 61.2 Å². The van der Waals surface area contributed by atoms with E-state index in [0.717, 1.165) is 30.0 Å². The lowest BCUT2D eigenvalue weighted by molar-refractivity contribution is 0.410. The highest BCUT2D eigenvalue weighted by Crippen LogP contribution is 2.23. The lowest BCUT2D eigenvalue weighted by Crippen LogP contribution is -2.42.